The Labute approximate surface area is 106 Å². The summed E-state index contributed by atoms with van der Waals surface area (Å²) in [6, 6.07) is 8.29. The molecule has 4 heteroatoms. The number of hydrogen-bond donors (Lipinski definition) is 0. The largest absolute Gasteiger partial charge is 0.493 e. The predicted molar refractivity (Wildman–Crippen MR) is 66.4 cm³/mol. The van der Waals surface area contributed by atoms with Gasteiger partial charge < -0.3 is 9.47 Å². The number of nitrogens with zero attached hydrogens (tertiary/aromatic N) is 1. The van der Waals surface area contributed by atoms with E-state index >= 15 is 0 Å². The molecule has 0 aliphatic carbocycles. The molecule has 2 heterocycles. The quantitative estimate of drug-likeness (QED) is 0.746. The summed E-state index contributed by atoms with van der Waals surface area (Å²) in [6.45, 7) is 1.67. The van der Waals surface area contributed by atoms with Crippen molar-refractivity contribution >= 4 is 5.97 Å². The van der Waals surface area contributed by atoms with Gasteiger partial charge in [0.2, 0.25) is 0 Å². The minimum absolute atomic E-state index is 0.0776. The summed E-state index contributed by atoms with van der Waals surface area (Å²) in [5.41, 5.74) is 1.19. The average molecular weight is 247 g/mol. The molecule has 2 unspecified atom stereocenters. The van der Waals surface area contributed by atoms with Gasteiger partial charge in [0.05, 0.1) is 13.7 Å². The van der Waals surface area contributed by atoms with E-state index in [0.717, 1.165) is 25.1 Å². The van der Waals surface area contributed by atoms with Crippen molar-refractivity contribution in [3.8, 4) is 5.75 Å². The van der Waals surface area contributed by atoms with Crippen LogP contribution < -0.4 is 4.74 Å². The fourth-order valence-corrected chi connectivity index (χ4v) is 2.84. The average Bonchev–Trinajstić information content (AvgIpc) is 2.38. The third-order valence-electron chi connectivity index (χ3n) is 3.86. The van der Waals surface area contributed by atoms with Crippen molar-refractivity contribution in [2.45, 2.75) is 24.9 Å². The Balaban J connectivity index is 1.84. The molecule has 1 aromatic rings. The van der Waals surface area contributed by atoms with Crippen molar-refractivity contribution in [2.75, 3.05) is 20.3 Å². The van der Waals surface area contributed by atoms with Crippen LogP contribution in [-0.4, -0.2) is 37.2 Å². The summed E-state index contributed by atoms with van der Waals surface area (Å²) in [7, 11) is 1.46. The molecule has 0 bridgehead atoms. The molecule has 1 aromatic carbocycles. The Bertz CT molecular complexity index is 460. The molecular formula is C14H17NO3. The summed E-state index contributed by atoms with van der Waals surface area (Å²) in [6.07, 6.45) is 1.83. The van der Waals surface area contributed by atoms with Crippen molar-refractivity contribution in [3.05, 3.63) is 29.8 Å². The lowest BCUT2D eigenvalue weighted by atomic mass is 9.92. The Morgan fingerprint density at radius 2 is 2.22 bits per heavy atom. The Hall–Kier alpha value is -1.55. The highest BCUT2D eigenvalue weighted by Gasteiger charge is 2.41. The number of ether oxygens (including phenoxy) is 2. The molecule has 2 aliphatic rings. The van der Waals surface area contributed by atoms with E-state index in [-0.39, 0.29) is 18.1 Å². The zero-order chi connectivity index (χ0) is 12.5. The number of likely N-dealkylation sites (tertiary alicyclic amines) is 1. The first-order chi connectivity index (χ1) is 8.81. The Kier molecular flexibility index (Phi) is 2.96. The molecule has 2 aliphatic heterocycles. The molecule has 0 amide bonds. The van der Waals surface area contributed by atoms with Crippen LogP contribution in [-0.2, 0) is 9.53 Å². The van der Waals surface area contributed by atoms with Crippen LogP contribution in [0, 0.1) is 0 Å². The normalized spacial score (nSPS) is 26.7. The molecule has 0 aromatic heterocycles. The minimum Gasteiger partial charge on any atom is -0.493 e. The predicted octanol–water partition coefficient (Wildman–Crippen LogP) is 1.76. The summed E-state index contributed by atoms with van der Waals surface area (Å²) in [5, 5.41) is 0. The van der Waals surface area contributed by atoms with Crippen molar-refractivity contribution < 1.29 is 14.3 Å². The fourth-order valence-electron chi connectivity index (χ4n) is 2.84. The maximum Gasteiger partial charge on any atom is 0.323 e. The van der Waals surface area contributed by atoms with Crippen molar-refractivity contribution in [1.29, 1.82) is 0 Å². The van der Waals surface area contributed by atoms with Crippen LogP contribution in [0.15, 0.2) is 24.3 Å². The van der Waals surface area contributed by atoms with Crippen LogP contribution >= 0.6 is 0 Å². The van der Waals surface area contributed by atoms with E-state index in [1.54, 1.807) is 0 Å². The second-order valence-corrected chi connectivity index (χ2v) is 4.76. The van der Waals surface area contributed by atoms with Crippen molar-refractivity contribution in [2.24, 2.45) is 0 Å². The van der Waals surface area contributed by atoms with Crippen molar-refractivity contribution in [3.63, 3.8) is 0 Å². The van der Waals surface area contributed by atoms with Gasteiger partial charge in [-0.05, 0) is 12.5 Å². The summed E-state index contributed by atoms with van der Waals surface area (Å²) >= 11 is 0. The lowest BCUT2D eigenvalue weighted by Gasteiger charge is -2.45. The van der Waals surface area contributed by atoms with Gasteiger partial charge in [-0.15, -0.1) is 0 Å². The summed E-state index contributed by atoms with van der Waals surface area (Å²) < 4.78 is 10.5. The Morgan fingerprint density at radius 1 is 1.39 bits per heavy atom. The molecule has 96 valence electrons. The smallest absolute Gasteiger partial charge is 0.323 e. The van der Waals surface area contributed by atoms with Gasteiger partial charge in [-0.3, -0.25) is 9.69 Å². The first-order valence-corrected chi connectivity index (χ1v) is 6.36. The number of carbonyl (C=O) groups is 1. The number of benzene rings is 1. The third-order valence-corrected chi connectivity index (χ3v) is 3.86. The van der Waals surface area contributed by atoms with Gasteiger partial charge in [-0.1, -0.05) is 18.2 Å². The van der Waals surface area contributed by atoms with Gasteiger partial charge in [-0.2, -0.15) is 0 Å². The molecule has 0 N–H and O–H groups in total. The number of para-hydroxylation sites is 1. The molecule has 0 saturated carbocycles. The number of hydrogen-bond acceptors (Lipinski definition) is 4. The standard InChI is InChI=1S/C14H17NO3/c1-17-14(16)12-6-8-15(12)11-7-9-18-13-5-3-2-4-10(11)13/h2-5,11-12H,6-9H2,1H3. The number of carbonyl (C=O) groups excluding carboxylic acids is 1. The second-order valence-electron chi connectivity index (χ2n) is 4.76. The molecule has 1 fully saturated rings. The van der Waals surface area contributed by atoms with Crippen LogP contribution in [0.1, 0.15) is 24.4 Å². The second kappa shape index (κ2) is 4.61. The highest BCUT2D eigenvalue weighted by molar-refractivity contribution is 5.76. The van der Waals surface area contributed by atoms with E-state index < -0.39 is 0 Å². The minimum atomic E-state index is -0.120. The SMILES string of the molecule is COC(=O)C1CCN1C1CCOc2ccccc21. The van der Waals surface area contributed by atoms with E-state index in [1.165, 1.54) is 12.7 Å². The van der Waals surface area contributed by atoms with E-state index in [2.05, 4.69) is 11.0 Å². The van der Waals surface area contributed by atoms with Crippen molar-refractivity contribution in [1.82, 2.24) is 4.90 Å². The zero-order valence-electron chi connectivity index (χ0n) is 10.5. The maximum atomic E-state index is 11.7. The van der Waals surface area contributed by atoms with Crippen LogP contribution in [0.4, 0.5) is 0 Å². The first-order valence-electron chi connectivity index (χ1n) is 6.36. The van der Waals surface area contributed by atoms with Crippen LogP contribution in [0.3, 0.4) is 0 Å². The van der Waals surface area contributed by atoms with E-state index in [4.69, 9.17) is 9.47 Å². The summed E-state index contributed by atoms with van der Waals surface area (Å²) in [4.78, 5) is 13.9. The highest BCUT2D eigenvalue weighted by Crippen LogP contribution is 2.40. The zero-order valence-corrected chi connectivity index (χ0v) is 10.5. The van der Waals surface area contributed by atoms with E-state index in [9.17, 15) is 4.79 Å². The third kappa shape index (κ3) is 1.77. The number of esters is 1. The molecule has 3 rings (SSSR count). The van der Waals surface area contributed by atoms with E-state index in [0.29, 0.717) is 6.61 Å². The maximum absolute atomic E-state index is 11.7. The topological polar surface area (TPSA) is 38.8 Å². The number of fused-ring (bicyclic) bond motifs is 1. The van der Waals surface area contributed by atoms with Crippen LogP contribution in [0.2, 0.25) is 0 Å². The molecule has 0 spiro atoms. The van der Waals surface area contributed by atoms with Gasteiger partial charge in [0, 0.05) is 24.6 Å². The monoisotopic (exact) mass is 247 g/mol. The van der Waals surface area contributed by atoms with Gasteiger partial charge in [0.25, 0.3) is 0 Å². The molecular weight excluding hydrogens is 230 g/mol. The molecule has 18 heavy (non-hydrogen) atoms. The fraction of sp³-hybridized carbons (Fsp3) is 0.500. The van der Waals surface area contributed by atoms with Gasteiger partial charge in [-0.25, -0.2) is 0 Å². The van der Waals surface area contributed by atoms with Crippen LogP contribution in [0.5, 0.6) is 5.75 Å². The molecule has 0 radical (unpaired) electrons. The lowest BCUT2D eigenvalue weighted by Crippen LogP contribution is -2.54. The molecule has 1 saturated heterocycles. The molecule has 4 nitrogen and oxygen atoms in total. The van der Waals surface area contributed by atoms with Gasteiger partial charge >= 0.3 is 5.97 Å². The summed E-state index contributed by atoms with van der Waals surface area (Å²) in [5.74, 6) is 0.828. The van der Waals surface area contributed by atoms with Crippen LogP contribution in [0.25, 0.3) is 0 Å². The van der Waals surface area contributed by atoms with E-state index in [1.807, 2.05) is 18.2 Å². The highest BCUT2D eigenvalue weighted by atomic mass is 16.5. The first kappa shape index (κ1) is 11.5. The van der Waals surface area contributed by atoms with Gasteiger partial charge in [0.1, 0.15) is 11.8 Å². The number of methoxy groups -OCH3 is 1. The van der Waals surface area contributed by atoms with Gasteiger partial charge in [0.15, 0.2) is 0 Å². The Morgan fingerprint density at radius 3 is 2.94 bits per heavy atom. The number of rotatable bonds is 2. The lowest BCUT2D eigenvalue weighted by molar-refractivity contribution is -0.154. The molecule has 2 atom stereocenters.